The molecule has 0 radical (unpaired) electrons. The fourth-order valence-electron chi connectivity index (χ4n) is 3.44. The summed E-state index contributed by atoms with van der Waals surface area (Å²) in [7, 11) is 0. The molecule has 0 atom stereocenters. The number of hydrogen-bond donors (Lipinski definition) is 1. The highest BCUT2D eigenvalue weighted by Gasteiger charge is 2.38. The number of amides is 1. The van der Waals surface area contributed by atoms with E-state index in [1.165, 1.54) is 11.3 Å². The van der Waals surface area contributed by atoms with Crippen LogP contribution < -0.4 is 10.2 Å². The van der Waals surface area contributed by atoms with Gasteiger partial charge in [-0.1, -0.05) is 12.1 Å². The monoisotopic (exact) mass is 326 g/mol. The van der Waals surface area contributed by atoms with Gasteiger partial charge in [-0.15, -0.1) is 0 Å². The molecule has 2 aliphatic rings. The first-order valence-electron chi connectivity index (χ1n) is 8.86. The van der Waals surface area contributed by atoms with Crippen LogP contribution in [0, 0.1) is 18.3 Å². The Morgan fingerprint density at radius 2 is 2.04 bits per heavy atom. The van der Waals surface area contributed by atoms with E-state index in [1.54, 1.807) is 0 Å². The Morgan fingerprint density at radius 1 is 1.29 bits per heavy atom. The minimum absolute atomic E-state index is 0.0114. The summed E-state index contributed by atoms with van der Waals surface area (Å²) in [4.78, 5) is 16.8. The number of piperazine rings is 1. The van der Waals surface area contributed by atoms with E-state index in [9.17, 15) is 10.1 Å². The van der Waals surface area contributed by atoms with Gasteiger partial charge in [0.05, 0.1) is 6.07 Å². The molecule has 0 aromatic heterocycles. The third kappa shape index (κ3) is 3.88. The second-order valence-electron chi connectivity index (χ2n) is 7.01. The number of rotatable bonds is 5. The first-order chi connectivity index (χ1) is 11.6. The van der Waals surface area contributed by atoms with E-state index in [2.05, 4.69) is 52.4 Å². The number of nitrogens with zero attached hydrogens (tertiary/aromatic N) is 3. The number of nitrogens with one attached hydrogen (secondary N) is 1. The largest absolute Gasteiger partial charge is 0.369 e. The molecule has 0 spiro atoms. The zero-order valence-corrected chi connectivity index (χ0v) is 14.4. The van der Waals surface area contributed by atoms with Crippen molar-refractivity contribution < 1.29 is 4.79 Å². The SMILES string of the molecule is Cc1cccc(N2CCN(CCC(=O)NC3(C#N)CCC3)CC2)c1. The molecule has 128 valence electrons. The number of hydrogen-bond acceptors (Lipinski definition) is 4. The second kappa shape index (κ2) is 7.23. The maximum absolute atomic E-state index is 12.1. The molecule has 1 saturated carbocycles. The number of nitriles is 1. The third-order valence-electron chi connectivity index (χ3n) is 5.19. The van der Waals surface area contributed by atoms with Crippen LogP contribution in [0.15, 0.2) is 24.3 Å². The molecule has 1 amide bonds. The summed E-state index contributed by atoms with van der Waals surface area (Å²) in [6.45, 7) is 6.83. The smallest absolute Gasteiger partial charge is 0.222 e. The Bertz CT molecular complexity index is 624. The summed E-state index contributed by atoms with van der Waals surface area (Å²) >= 11 is 0. The standard InChI is InChI=1S/C19H26N4O/c1-16-4-2-5-17(14-16)23-12-10-22(11-13-23)9-6-18(24)21-19(15-20)7-3-8-19/h2,4-5,14H,3,6-13H2,1H3,(H,21,24). The molecule has 2 fully saturated rings. The first kappa shape index (κ1) is 16.8. The molecule has 5 heteroatoms. The Morgan fingerprint density at radius 3 is 2.62 bits per heavy atom. The van der Waals surface area contributed by atoms with Gasteiger partial charge in [0.2, 0.25) is 5.91 Å². The van der Waals surface area contributed by atoms with Gasteiger partial charge in [-0.3, -0.25) is 9.69 Å². The van der Waals surface area contributed by atoms with Crippen molar-refractivity contribution in [2.45, 2.75) is 38.1 Å². The van der Waals surface area contributed by atoms with Gasteiger partial charge in [-0.25, -0.2) is 0 Å². The van der Waals surface area contributed by atoms with Gasteiger partial charge in [0.25, 0.3) is 0 Å². The minimum Gasteiger partial charge on any atom is -0.369 e. The number of carbonyl (C=O) groups excluding carboxylic acids is 1. The summed E-state index contributed by atoms with van der Waals surface area (Å²) < 4.78 is 0. The molecular formula is C19H26N4O. The summed E-state index contributed by atoms with van der Waals surface area (Å²) in [5.41, 5.74) is 2.00. The van der Waals surface area contributed by atoms with E-state index in [1.807, 2.05) is 0 Å². The molecule has 3 rings (SSSR count). The van der Waals surface area contributed by atoms with Crippen molar-refractivity contribution in [3.63, 3.8) is 0 Å². The third-order valence-corrected chi connectivity index (χ3v) is 5.19. The molecule has 1 aliphatic heterocycles. The Hall–Kier alpha value is -2.06. The molecule has 1 saturated heterocycles. The maximum atomic E-state index is 12.1. The van der Waals surface area contributed by atoms with Crippen molar-refractivity contribution in [3.8, 4) is 6.07 Å². The van der Waals surface area contributed by atoms with E-state index in [4.69, 9.17) is 0 Å². The van der Waals surface area contributed by atoms with Crippen LogP contribution in [0.1, 0.15) is 31.2 Å². The lowest BCUT2D eigenvalue weighted by atomic mass is 9.78. The Labute approximate surface area is 144 Å². The predicted octanol–water partition coefficient (Wildman–Crippen LogP) is 2.07. The normalized spacial score (nSPS) is 20.1. The summed E-state index contributed by atoms with van der Waals surface area (Å²) in [5.74, 6) is 0.0114. The van der Waals surface area contributed by atoms with Crippen molar-refractivity contribution in [2.75, 3.05) is 37.6 Å². The molecule has 1 aliphatic carbocycles. The fraction of sp³-hybridized carbons (Fsp3) is 0.579. The molecule has 1 N–H and O–H groups in total. The van der Waals surface area contributed by atoms with Gasteiger partial charge in [-0.05, 0) is 43.9 Å². The number of anilines is 1. The number of aryl methyl sites for hydroxylation is 1. The average Bonchev–Trinajstić information content (AvgIpc) is 2.57. The van der Waals surface area contributed by atoms with Crippen molar-refractivity contribution in [1.29, 1.82) is 5.26 Å². The predicted molar refractivity (Wildman–Crippen MR) is 94.8 cm³/mol. The molecule has 0 bridgehead atoms. The highest BCUT2D eigenvalue weighted by atomic mass is 16.1. The van der Waals surface area contributed by atoms with Crippen molar-refractivity contribution in [1.82, 2.24) is 10.2 Å². The van der Waals surface area contributed by atoms with Crippen molar-refractivity contribution in [2.24, 2.45) is 0 Å². The van der Waals surface area contributed by atoms with Gasteiger partial charge < -0.3 is 10.2 Å². The van der Waals surface area contributed by atoms with Crippen LogP contribution in [-0.2, 0) is 4.79 Å². The zero-order valence-electron chi connectivity index (χ0n) is 14.4. The minimum atomic E-state index is -0.569. The van der Waals surface area contributed by atoms with E-state index in [0.29, 0.717) is 6.42 Å². The lowest BCUT2D eigenvalue weighted by Gasteiger charge is -2.37. The number of carbonyl (C=O) groups is 1. The van der Waals surface area contributed by atoms with Gasteiger partial charge in [0, 0.05) is 44.8 Å². The summed E-state index contributed by atoms with van der Waals surface area (Å²) in [6, 6.07) is 10.9. The van der Waals surface area contributed by atoms with Crippen LogP contribution in [0.25, 0.3) is 0 Å². The Kier molecular flexibility index (Phi) is 5.06. The molecule has 1 aromatic rings. The maximum Gasteiger partial charge on any atom is 0.222 e. The molecule has 1 aromatic carbocycles. The lowest BCUT2D eigenvalue weighted by molar-refractivity contribution is -0.123. The molecular weight excluding hydrogens is 300 g/mol. The average molecular weight is 326 g/mol. The lowest BCUT2D eigenvalue weighted by Crippen LogP contribution is -2.53. The van der Waals surface area contributed by atoms with Gasteiger partial charge in [0.1, 0.15) is 5.54 Å². The number of benzene rings is 1. The topological polar surface area (TPSA) is 59.4 Å². The fourth-order valence-corrected chi connectivity index (χ4v) is 3.44. The van der Waals surface area contributed by atoms with E-state index < -0.39 is 5.54 Å². The highest BCUT2D eigenvalue weighted by Crippen LogP contribution is 2.30. The van der Waals surface area contributed by atoms with Crippen LogP contribution in [0.3, 0.4) is 0 Å². The quantitative estimate of drug-likeness (QED) is 0.900. The van der Waals surface area contributed by atoms with E-state index in [-0.39, 0.29) is 5.91 Å². The van der Waals surface area contributed by atoms with Crippen LogP contribution >= 0.6 is 0 Å². The first-order valence-corrected chi connectivity index (χ1v) is 8.86. The van der Waals surface area contributed by atoms with E-state index in [0.717, 1.165) is 52.0 Å². The van der Waals surface area contributed by atoms with Crippen LogP contribution in [-0.4, -0.2) is 49.1 Å². The van der Waals surface area contributed by atoms with Gasteiger partial charge in [-0.2, -0.15) is 5.26 Å². The van der Waals surface area contributed by atoms with E-state index >= 15 is 0 Å². The van der Waals surface area contributed by atoms with Crippen molar-refractivity contribution in [3.05, 3.63) is 29.8 Å². The van der Waals surface area contributed by atoms with Crippen LogP contribution in [0.4, 0.5) is 5.69 Å². The van der Waals surface area contributed by atoms with Gasteiger partial charge in [0.15, 0.2) is 0 Å². The van der Waals surface area contributed by atoms with Crippen LogP contribution in [0.5, 0.6) is 0 Å². The highest BCUT2D eigenvalue weighted by molar-refractivity contribution is 5.77. The zero-order chi connectivity index (χ0) is 17.0. The van der Waals surface area contributed by atoms with Crippen molar-refractivity contribution >= 4 is 11.6 Å². The second-order valence-corrected chi connectivity index (χ2v) is 7.01. The van der Waals surface area contributed by atoms with Crippen LogP contribution in [0.2, 0.25) is 0 Å². The summed E-state index contributed by atoms with van der Waals surface area (Å²) in [6.07, 6.45) is 3.11. The van der Waals surface area contributed by atoms with Gasteiger partial charge >= 0.3 is 0 Å². The molecule has 0 unspecified atom stereocenters. The summed E-state index contributed by atoms with van der Waals surface area (Å²) in [5, 5.41) is 12.1. The molecule has 1 heterocycles. The molecule has 5 nitrogen and oxygen atoms in total. The molecule has 24 heavy (non-hydrogen) atoms. The Balaban J connectivity index is 1.41.